The summed E-state index contributed by atoms with van der Waals surface area (Å²) in [5, 5.41) is 15.9. The Kier molecular flexibility index (Phi) is 4.12. The molecule has 96 valence electrons. The Morgan fingerprint density at radius 2 is 2.12 bits per heavy atom. The van der Waals surface area contributed by atoms with Crippen molar-refractivity contribution >= 4 is 11.6 Å². The topological polar surface area (TPSA) is 78.9 Å². The maximum atomic E-state index is 11.9. The van der Waals surface area contributed by atoms with Crippen molar-refractivity contribution in [1.29, 1.82) is 0 Å². The van der Waals surface area contributed by atoms with E-state index in [1.165, 1.54) is 5.01 Å². The number of nitrogens with two attached hydrogens (primary N) is 1. The number of aliphatic hydroxyl groups is 1. The van der Waals surface area contributed by atoms with Crippen molar-refractivity contribution < 1.29 is 9.90 Å². The normalized spacial score (nSPS) is 30.4. The second-order valence-electron chi connectivity index (χ2n) is 4.89. The summed E-state index contributed by atoms with van der Waals surface area (Å²) in [6.45, 7) is 0.521. The van der Waals surface area contributed by atoms with E-state index in [1.54, 1.807) is 0 Å². The lowest BCUT2D eigenvalue weighted by Crippen LogP contribution is -2.41. The third kappa shape index (κ3) is 2.84. The summed E-state index contributed by atoms with van der Waals surface area (Å²) in [5.41, 5.74) is 6.33. The summed E-state index contributed by atoms with van der Waals surface area (Å²) in [5.74, 6) is 0.0133. The second kappa shape index (κ2) is 5.60. The van der Waals surface area contributed by atoms with Crippen LogP contribution in [0.2, 0.25) is 0 Å². The number of amides is 1. The summed E-state index contributed by atoms with van der Waals surface area (Å²) in [6.07, 6.45) is 5.48. The first-order valence-electron chi connectivity index (χ1n) is 6.49. The van der Waals surface area contributed by atoms with E-state index >= 15 is 0 Å². The Morgan fingerprint density at radius 1 is 1.35 bits per heavy atom. The summed E-state index contributed by atoms with van der Waals surface area (Å²) < 4.78 is 0. The molecule has 0 saturated heterocycles. The van der Waals surface area contributed by atoms with Gasteiger partial charge in [0.15, 0.2) is 0 Å². The number of carbonyl (C=O) groups is 1. The van der Waals surface area contributed by atoms with Gasteiger partial charge in [-0.25, -0.2) is 5.01 Å². The van der Waals surface area contributed by atoms with Gasteiger partial charge in [-0.1, -0.05) is 19.3 Å². The fourth-order valence-electron chi connectivity index (χ4n) is 2.62. The van der Waals surface area contributed by atoms with Gasteiger partial charge in [0.25, 0.3) is 0 Å². The first-order chi connectivity index (χ1) is 8.22. The summed E-state index contributed by atoms with van der Waals surface area (Å²) in [6, 6.07) is -0.125. The van der Waals surface area contributed by atoms with Crippen molar-refractivity contribution in [3.63, 3.8) is 0 Å². The smallest absolute Gasteiger partial charge is 0.248 e. The minimum atomic E-state index is -0.428. The lowest BCUT2D eigenvalue weighted by Gasteiger charge is -2.27. The molecule has 1 aliphatic carbocycles. The van der Waals surface area contributed by atoms with E-state index in [0.717, 1.165) is 37.8 Å². The molecule has 5 heteroatoms. The van der Waals surface area contributed by atoms with E-state index in [2.05, 4.69) is 5.10 Å². The van der Waals surface area contributed by atoms with Gasteiger partial charge >= 0.3 is 0 Å². The van der Waals surface area contributed by atoms with Crippen LogP contribution in [0.3, 0.4) is 0 Å². The number of carbonyl (C=O) groups excluding carboxylic acids is 1. The zero-order valence-corrected chi connectivity index (χ0v) is 10.1. The number of hydrogen-bond acceptors (Lipinski definition) is 4. The van der Waals surface area contributed by atoms with Crippen LogP contribution in [0.25, 0.3) is 0 Å². The molecular weight excluding hydrogens is 218 g/mol. The second-order valence-corrected chi connectivity index (χ2v) is 4.89. The first kappa shape index (κ1) is 12.5. The highest BCUT2D eigenvalue weighted by atomic mass is 16.3. The average molecular weight is 239 g/mol. The number of hydrogen-bond donors (Lipinski definition) is 2. The van der Waals surface area contributed by atoms with Gasteiger partial charge in [0, 0.05) is 12.1 Å². The molecule has 0 spiro atoms. The van der Waals surface area contributed by atoms with Gasteiger partial charge in [-0.05, 0) is 19.4 Å². The zero-order valence-electron chi connectivity index (χ0n) is 10.1. The van der Waals surface area contributed by atoms with E-state index in [4.69, 9.17) is 5.73 Å². The summed E-state index contributed by atoms with van der Waals surface area (Å²) >= 11 is 0. The molecule has 1 aliphatic heterocycles. The molecule has 3 N–H and O–H groups in total. The molecule has 5 nitrogen and oxygen atoms in total. The molecule has 1 fully saturated rings. The van der Waals surface area contributed by atoms with Crippen LogP contribution in [0.15, 0.2) is 5.10 Å². The maximum absolute atomic E-state index is 11.9. The predicted molar refractivity (Wildman–Crippen MR) is 65.4 cm³/mol. The van der Waals surface area contributed by atoms with E-state index in [9.17, 15) is 9.90 Å². The van der Waals surface area contributed by atoms with Crippen LogP contribution < -0.4 is 5.73 Å². The third-order valence-corrected chi connectivity index (χ3v) is 3.55. The largest absolute Gasteiger partial charge is 0.391 e. The van der Waals surface area contributed by atoms with Crippen molar-refractivity contribution in [2.24, 2.45) is 10.8 Å². The molecule has 1 heterocycles. The Morgan fingerprint density at radius 3 is 2.88 bits per heavy atom. The molecule has 0 radical (unpaired) electrons. The Bertz CT molecular complexity index is 317. The van der Waals surface area contributed by atoms with E-state index in [0.29, 0.717) is 19.4 Å². The van der Waals surface area contributed by atoms with Gasteiger partial charge in [-0.2, -0.15) is 5.10 Å². The lowest BCUT2D eigenvalue weighted by molar-refractivity contribution is -0.133. The van der Waals surface area contributed by atoms with Crippen LogP contribution in [-0.2, 0) is 4.79 Å². The van der Waals surface area contributed by atoms with Crippen molar-refractivity contribution in [2.75, 3.05) is 6.54 Å². The lowest BCUT2D eigenvalue weighted by atomic mass is 10.1. The number of nitrogens with zero attached hydrogens (tertiary/aromatic N) is 2. The van der Waals surface area contributed by atoms with Crippen molar-refractivity contribution in [1.82, 2.24) is 5.01 Å². The predicted octanol–water partition coefficient (Wildman–Crippen LogP) is 0.617. The molecule has 17 heavy (non-hydrogen) atoms. The van der Waals surface area contributed by atoms with Crippen LogP contribution in [0.1, 0.15) is 44.9 Å². The number of hydrazone groups is 1. The van der Waals surface area contributed by atoms with Crippen LogP contribution >= 0.6 is 0 Å². The minimum absolute atomic E-state index is 0.0133. The molecule has 0 aromatic heterocycles. The zero-order chi connectivity index (χ0) is 12.3. The van der Waals surface area contributed by atoms with Crippen molar-refractivity contribution in [3.8, 4) is 0 Å². The standard InChI is InChI=1S/C12H21N3O2/c13-7-6-9-8-12(17)15(14-9)10-4-2-1-3-5-11(10)16/h10-11,16H,1-8,13H2. The van der Waals surface area contributed by atoms with E-state index in [-0.39, 0.29) is 11.9 Å². The van der Waals surface area contributed by atoms with Gasteiger partial charge in [0.2, 0.25) is 5.91 Å². The van der Waals surface area contributed by atoms with Crippen LogP contribution in [-0.4, -0.2) is 40.4 Å². The summed E-state index contributed by atoms with van der Waals surface area (Å²) in [7, 11) is 0. The minimum Gasteiger partial charge on any atom is -0.391 e. The van der Waals surface area contributed by atoms with Crippen LogP contribution in [0, 0.1) is 0 Å². The third-order valence-electron chi connectivity index (χ3n) is 3.55. The molecule has 2 unspecified atom stereocenters. The highest BCUT2D eigenvalue weighted by Gasteiger charge is 2.34. The van der Waals surface area contributed by atoms with Crippen molar-refractivity contribution in [2.45, 2.75) is 57.1 Å². The monoisotopic (exact) mass is 239 g/mol. The summed E-state index contributed by atoms with van der Waals surface area (Å²) in [4.78, 5) is 11.9. The molecule has 1 amide bonds. The molecule has 2 rings (SSSR count). The number of aliphatic hydroxyl groups excluding tert-OH is 1. The molecule has 2 atom stereocenters. The maximum Gasteiger partial charge on any atom is 0.248 e. The van der Waals surface area contributed by atoms with E-state index in [1.807, 2.05) is 0 Å². The van der Waals surface area contributed by atoms with Gasteiger partial charge in [-0.15, -0.1) is 0 Å². The molecule has 0 aromatic rings. The fraction of sp³-hybridized carbons (Fsp3) is 0.833. The Labute approximate surface area is 102 Å². The Hall–Kier alpha value is -0.940. The fourth-order valence-corrected chi connectivity index (χ4v) is 2.62. The first-order valence-corrected chi connectivity index (χ1v) is 6.49. The SMILES string of the molecule is NCCC1=NN(C2CCCCCC2O)C(=O)C1. The molecular formula is C12H21N3O2. The van der Waals surface area contributed by atoms with Crippen molar-refractivity contribution in [3.05, 3.63) is 0 Å². The average Bonchev–Trinajstić information content (AvgIpc) is 2.52. The van der Waals surface area contributed by atoms with Gasteiger partial charge < -0.3 is 10.8 Å². The van der Waals surface area contributed by atoms with E-state index < -0.39 is 6.10 Å². The van der Waals surface area contributed by atoms with Crippen LogP contribution in [0.5, 0.6) is 0 Å². The quantitative estimate of drug-likeness (QED) is 0.708. The van der Waals surface area contributed by atoms with Gasteiger partial charge in [0.1, 0.15) is 0 Å². The van der Waals surface area contributed by atoms with Gasteiger partial charge in [0.05, 0.1) is 18.6 Å². The highest BCUT2D eigenvalue weighted by molar-refractivity contribution is 6.05. The molecule has 1 saturated carbocycles. The molecule has 0 aromatic carbocycles. The Balaban J connectivity index is 2.06. The van der Waals surface area contributed by atoms with Gasteiger partial charge in [-0.3, -0.25) is 4.79 Å². The molecule has 2 aliphatic rings. The highest BCUT2D eigenvalue weighted by Crippen LogP contribution is 2.26. The molecule has 0 bridgehead atoms. The number of rotatable bonds is 3. The van der Waals surface area contributed by atoms with Crippen LogP contribution in [0.4, 0.5) is 0 Å².